The van der Waals surface area contributed by atoms with Crippen LogP contribution >= 0.6 is 8.53 Å². The van der Waals surface area contributed by atoms with Gasteiger partial charge in [0.1, 0.15) is 0 Å². The topological polar surface area (TPSA) is 21.7 Å². The first kappa shape index (κ1) is 23.5. The van der Waals surface area contributed by atoms with Gasteiger partial charge in [-0.05, 0) is 14.1 Å². The zero-order chi connectivity index (χ0) is 19.7. The van der Waals surface area contributed by atoms with E-state index in [-0.39, 0.29) is 4.67 Å². The molecule has 146 valence electrons. The normalized spacial score (nSPS) is 15.2. The molecule has 0 radical (unpaired) electrons. The van der Waals surface area contributed by atoms with Crippen molar-refractivity contribution >= 4 is 8.53 Å². The molecule has 0 aromatic carbocycles. The van der Waals surface area contributed by atoms with Crippen LogP contribution in [0.3, 0.4) is 0 Å². The first-order valence-electron chi connectivity index (χ1n) is 5.35. The van der Waals surface area contributed by atoms with Crippen molar-refractivity contribution in [3.8, 4) is 0 Å². The van der Waals surface area contributed by atoms with Crippen LogP contribution in [-0.2, 0) is 9.05 Å². The second kappa shape index (κ2) is 7.38. The Hall–Kier alpha value is -0.530. The molecule has 0 rings (SSSR count). The van der Waals surface area contributed by atoms with Crippen LogP contribution in [0.4, 0.5) is 52.7 Å². The minimum Gasteiger partial charge on any atom is -0.299 e. The van der Waals surface area contributed by atoms with Gasteiger partial charge < -0.3 is 0 Å². The molecule has 0 bridgehead atoms. The lowest BCUT2D eigenvalue weighted by atomic mass is 10.3. The van der Waals surface area contributed by atoms with Crippen LogP contribution in [0.25, 0.3) is 0 Å². The predicted octanol–water partition coefficient (Wildman–Crippen LogP) is 4.79. The molecule has 0 aliphatic rings. The Morgan fingerprint density at radius 2 is 0.792 bits per heavy atom. The zero-order valence-corrected chi connectivity index (χ0v) is 12.3. The third-order valence-electron chi connectivity index (χ3n) is 1.91. The summed E-state index contributed by atoms with van der Waals surface area (Å²) in [5.74, 6) is 0. The van der Waals surface area contributed by atoms with Gasteiger partial charge in [-0.1, -0.05) is 0 Å². The Morgan fingerprint density at radius 3 is 0.917 bits per heavy atom. The molecule has 16 heteroatoms. The Bertz CT molecular complexity index is 338. The number of halogens is 12. The second-order valence-electron chi connectivity index (χ2n) is 4.22. The molecule has 0 aromatic heterocycles. The van der Waals surface area contributed by atoms with Crippen LogP contribution in [0.15, 0.2) is 0 Å². The van der Waals surface area contributed by atoms with E-state index >= 15 is 0 Å². The van der Waals surface area contributed by atoms with Gasteiger partial charge in [-0.25, -0.2) is 4.67 Å². The van der Waals surface area contributed by atoms with Gasteiger partial charge in [-0.3, -0.25) is 9.05 Å². The molecule has 0 aromatic rings. The maximum atomic E-state index is 12.3. The van der Waals surface area contributed by atoms with Crippen molar-refractivity contribution in [3.63, 3.8) is 0 Å². The van der Waals surface area contributed by atoms with Crippen molar-refractivity contribution in [3.05, 3.63) is 0 Å². The van der Waals surface area contributed by atoms with Crippen LogP contribution in [-0.4, -0.2) is 55.7 Å². The average molecular weight is 409 g/mol. The fourth-order valence-electron chi connectivity index (χ4n) is 1.00. The van der Waals surface area contributed by atoms with E-state index in [9.17, 15) is 52.7 Å². The molecular formula is C8H8F12NO2P. The van der Waals surface area contributed by atoms with Gasteiger partial charge in [0.05, 0.1) is 0 Å². The van der Waals surface area contributed by atoms with E-state index in [1.54, 1.807) is 0 Å². The first-order valence-corrected chi connectivity index (χ1v) is 6.48. The Kier molecular flexibility index (Phi) is 7.21. The molecule has 0 heterocycles. The standard InChI is InChI=1S/C8H8F12NO2P/c1-21(2)24(22-3(5(9,10)11)6(12,13)14)23-4(7(15,16)17)8(18,19)20/h3-4H,1-2H3. The number of alkyl halides is 12. The molecule has 0 saturated heterocycles. The predicted molar refractivity (Wildman–Crippen MR) is 54.6 cm³/mol. The lowest BCUT2D eigenvalue weighted by molar-refractivity contribution is -0.312. The molecule has 0 saturated carbocycles. The van der Waals surface area contributed by atoms with E-state index in [1.807, 2.05) is 0 Å². The third kappa shape index (κ3) is 7.15. The van der Waals surface area contributed by atoms with Crippen molar-refractivity contribution in [2.45, 2.75) is 36.9 Å². The van der Waals surface area contributed by atoms with E-state index in [0.717, 1.165) is 0 Å². The van der Waals surface area contributed by atoms with Crippen LogP contribution in [0.1, 0.15) is 0 Å². The molecule has 3 nitrogen and oxygen atoms in total. The number of hydrogen-bond donors (Lipinski definition) is 0. The molecular weight excluding hydrogens is 401 g/mol. The Balaban J connectivity index is 5.58. The second-order valence-corrected chi connectivity index (χ2v) is 5.92. The fourth-order valence-corrected chi connectivity index (χ4v) is 2.27. The number of nitrogens with zero attached hydrogens (tertiary/aromatic N) is 1. The fraction of sp³-hybridized carbons (Fsp3) is 1.00. The summed E-state index contributed by atoms with van der Waals surface area (Å²) in [6.45, 7) is 0. The summed E-state index contributed by atoms with van der Waals surface area (Å²) in [6, 6.07) is 0. The number of rotatable bonds is 5. The Labute approximate surface area is 127 Å². The molecule has 0 unspecified atom stereocenters. The highest BCUT2D eigenvalue weighted by Gasteiger charge is 2.62. The quantitative estimate of drug-likeness (QED) is 0.482. The third-order valence-corrected chi connectivity index (χ3v) is 3.34. The molecule has 0 aliphatic carbocycles. The summed E-state index contributed by atoms with van der Waals surface area (Å²) in [7, 11) is -2.84. The van der Waals surface area contributed by atoms with Gasteiger partial charge in [0.25, 0.3) is 20.7 Å². The van der Waals surface area contributed by atoms with Crippen LogP contribution in [0.2, 0.25) is 0 Å². The summed E-state index contributed by atoms with van der Waals surface area (Å²) < 4.78 is 154. The van der Waals surface area contributed by atoms with Gasteiger partial charge in [0, 0.05) is 0 Å². The van der Waals surface area contributed by atoms with Crippen molar-refractivity contribution in [1.82, 2.24) is 4.67 Å². The van der Waals surface area contributed by atoms with E-state index in [1.165, 1.54) is 0 Å². The van der Waals surface area contributed by atoms with Crippen molar-refractivity contribution in [2.24, 2.45) is 0 Å². The number of hydrogen-bond acceptors (Lipinski definition) is 3. The van der Waals surface area contributed by atoms with Gasteiger partial charge in [-0.2, -0.15) is 52.7 Å². The van der Waals surface area contributed by atoms with E-state index in [0.29, 0.717) is 14.1 Å². The Morgan fingerprint density at radius 1 is 0.583 bits per heavy atom. The van der Waals surface area contributed by atoms with E-state index < -0.39 is 45.4 Å². The molecule has 0 spiro atoms. The van der Waals surface area contributed by atoms with Crippen molar-refractivity contribution in [2.75, 3.05) is 14.1 Å². The largest absolute Gasteiger partial charge is 0.424 e. The monoisotopic (exact) mass is 409 g/mol. The van der Waals surface area contributed by atoms with Gasteiger partial charge in [-0.15, -0.1) is 0 Å². The SMILES string of the molecule is CN(C)P(OC(C(F)(F)F)C(F)(F)F)OC(C(F)(F)F)C(F)(F)F. The van der Waals surface area contributed by atoms with E-state index in [2.05, 4.69) is 9.05 Å². The minimum atomic E-state index is -6.13. The highest BCUT2D eigenvalue weighted by atomic mass is 31.2. The maximum absolute atomic E-state index is 12.3. The summed E-state index contributed by atoms with van der Waals surface area (Å²) >= 11 is 0. The highest BCUT2D eigenvalue weighted by molar-refractivity contribution is 7.44. The minimum absolute atomic E-state index is 0.101. The molecule has 0 aliphatic heterocycles. The van der Waals surface area contributed by atoms with Gasteiger partial charge >= 0.3 is 24.7 Å². The smallest absolute Gasteiger partial charge is 0.299 e. The molecule has 24 heavy (non-hydrogen) atoms. The van der Waals surface area contributed by atoms with Gasteiger partial charge in [0.2, 0.25) is 0 Å². The zero-order valence-electron chi connectivity index (χ0n) is 11.4. The first-order chi connectivity index (χ1) is 10.3. The van der Waals surface area contributed by atoms with Crippen LogP contribution in [0, 0.1) is 0 Å². The summed E-state index contributed by atoms with van der Waals surface area (Å²) in [6.07, 6.45) is -33.8. The lowest BCUT2D eigenvalue weighted by Gasteiger charge is -2.33. The van der Waals surface area contributed by atoms with E-state index in [4.69, 9.17) is 0 Å². The summed E-state index contributed by atoms with van der Waals surface area (Å²) in [4.78, 5) is 0. The lowest BCUT2D eigenvalue weighted by Crippen LogP contribution is -2.46. The molecule has 0 amide bonds. The maximum Gasteiger partial charge on any atom is 0.424 e. The van der Waals surface area contributed by atoms with Crippen LogP contribution < -0.4 is 0 Å². The van der Waals surface area contributed by atoms with Crippen molar-refractivity contribution < 1.29 is 61.7 Å². The summed E-state index contributed by atoms with van der Waals surface area (Å²) in [5, 5.41) is 0. The van der Waals surface area contributed by atoms with Crippen molar-refractivity contribution in [1.29, 1.82) is 0 Å². The van der Waals surface area contributed by atoms with Crippen LogP contribution in [0.5, 0.6) is 0 Å². The molecule has 0 N–H and O–H groups in total. The highest BCUT2D eigenvalue weighted by Crippen LogP contribution is 2.52. The summed E-state index contributed by atoms with van der Waals surface area (Å²) in [5.41, 5.74) is 0. The molecule has 0 atom stereocenters. The molecule has 0 fully saturated rings. The van der Waals surface area contributed by atoms with Gasteiger partial charge in [0.15, 0.2) is 0 Å². The average Bonchev–Trinajstić information content (AvgIpc) is 2.20.